The van der Waals surface area contributed by atoms with Crippen molar-refractivity contribution in [1.82, 2.24) is 10.2 Å². The molecule has 0 saturated carbocycles. The van der Waals surface area contributed by atoms with Crippen molar-refractivity contribution in [3.8, 4) is 0 Å². The first-order valence-electron chi connectivity index (χ1n) is 6.26. The molecule has 1 saturated heterocycles. The predicted molar refractivity (Wildman–Crippen MR) is 71.6 cm³/mol. The maximum absolute atomic E-state index is 6.01. The van der Waals surface area contributed by atoms with Gasteiger partial charge in [0, 0.05) is 30.6 Å². The number of nitrogens with zero attached hydrogens (tertiary/aromatic N) is 3. The van der Waals surface area contributed by atoms with Crippen LogP contribution in [0.1, 0.15) is 17.7 Å². The lowest BCUT2D eigenvalue weighted by atomic mass is 9.93. The second-order valence-corrected chi connectivity index (χ2v) is 6.00. The summed E-state index contributed by atoms with van der Waals surface area (Å²) in [6.07, 6.45) is 2.99. The molecule has 1 aliphatic heterocycles. The first-order valence-corrected chi connectivity index (χ1v) is 7.42. The summed E-state index contributed by atoms with van der Waals surface area (Å²) in [6, 6.07) is 2.51. The van der Waals surface area contributed by atoms with Crippen LogP contribution in [0.3, 0.4) is 0 Å². The Kier molecular flexibility index (Phi) is 3.20. The van der Waals surface area contributed by atoms with Crippen LogP contribution >= 0.6 is 11.8 Å². The van der Waals surface area contributed by atoms with Crippen LogP contribution in [0, 0.1) is 0 Å². The fourth-order valence-electron chi connectivity index (χ4n) is 2.48. The van der Waals surface area contributed by atoms with E-state index in [0.717, 1.165) is 43.9 Å². The molecule has 1 fully saturated rings. The largest absolute Gasteiger partial charge is 0.353 e. The van der Waals surface area contributed by atoms with Crippen LogP contribution in [0.5, 0.6) is 0 Å². The first-order chi connectivity index (χ1) is 8.33. The molecule has 0 amide bonds. The number of aromatic nitrogens is 2. The van der Waals surface area contributed by atoms with Gasteiger partial charge in [-0.2, -0.15) is 16.9 Å². The molecular weight excluding hydrogens is 232 g/mol. The van der Waals surface area contributed by atoms with Gasteiger partial charge in [-0.1, -0.05) is 0 Å². The van der Waals surface area contributed by atoms with Crippen molar-refractivity contribution in [2.24, 2.45) is 5.73 Å². The van der Waals surface area contributed by atoms with Gasteiger partial charge in [0.25, 0.3) is 0 Å². The van der Waals surface area contributed by atoms with E-state index in [1.165, 1.54) is 17.1 Å². The predicted octanol–water partition coefficient (Wildman–Crippen LogP) is 0.846. The van der Waals surface area contributed by atoms with Crippen LogP contribution in [0.15, 0.2) is 6.07 Å². The maximum atomic E-state index is 6.01. The molecule has 2 N–H and O–H groups in total. The van der Waals surface area contributed by atoms with Crippen LogP contribution in [-0.4, -0.2) is 40.8 Å². The normalized spacial score (nSPS) is 24.5. The van der Waals surface area contributed by atoms with Gasteiger partial charge in [0.15, 0.2) is 5.82 Å². The van der Waals surface area contributed by atoms with Gasteiger partial charge in [-0.05, 0) is 30.9 Å². The highest BCUT2D eigenvalue weighted by molar-refractivity contribution is 7.99. The smallest absolute Gasteiger partial charge is 0.151 e. The van der Waals surface area contributed by atoms with Crippen molar-refractivity contribution in [1.29, 1.82) is 0 Å². The lowest BCUT2D eigenvalue weighted by molar-refractivity contribution is 0.560. The minimum Gasteiger partial charge on any atom is -0.353 e. The summed E-state index contributed by atoms with van der Waals surface area (Å²) in [7, 11) is 0. The highest BCUT2D eigenvalue weighted by Gasteiger charge is 2.20. The van der Waals surface area contributed by atoms with Gasteiger partial charge in [-0.25, -0.2) is 0 Å². The third kappa shape index (κ3) is 2.40. The zero-order valence-corrected chi connectivity index (χ0v) is 10.7. The second kappa shape index (κ2) is 4.82. The van der Waals surface area contributed by atoms with E-state index in [2.05, 4.69) is 21.2 Å². The Morgan fingerprint density at radius 1 is 1.29 bits per heavy atom. The van der Waals surface area contributed by atoms with Crippen LogP contribution < -0.4 is 10.6 Å². The Morgan fingerprint density at radius 3 is 2.94 bits per heavy atom. The molecule has 1 aliphatic carbocycles. The Labute approximate surface area is 106 Å². The summed E-state index contributed by atoms with van der Waals surface area (Å²) in [5.74, 6) is 3.43. The average molecular weight is 250 g/mol. The molecule has 3 rings (SSSR count). The Balaban J connectivity index is 1.84. The zero-order valence-electron chi connectivity index (χ0n) is 9.93. The van der Waals surface area contributed by atoms with E-state index in [0.29, 0.717) is 6.04 Å². The molecule has 0 aromatic carbocycles. The van der Waals surface area contributed by atoms with E-state index < -0.39 is 0 Å². The molecule has 0 radical (unpaired) electrons. The average Bonchev–Trinajstić information content (AvgIpc) is 2.39. The number of fused-ring (bicyclic) bond motifs is 1. The molecule has 0 spiro atoms. The van der Waals surface area contributed by atoms with Gasteiger partial charge < -0.3 is 10.6 Å². The summed E-state index contributed by atoms with van der Waals surface area (Å²) in [5.41, 5.74) is 8.48. The molecule has 1 aromatic rings. The van der Waals surface area contributed by atoms with E-state index in [1.54, 1.807) is 0 Å². The molecule has 5 heteroatoms. The summed E-state index contributed by atoms with van der Waals surface area (Å²) < 4.78 is 0. The molecule has 2 aliphatic rings. The van der Waals surface area contributed by atoms with E-state index in [1.807, 2.05) is 11.8 Å². The van der Waals surface area contributed by atoms with Gasteiger partial charge in [-0.15, -0.1) is 5.10 Å². The zero-order chi connectivity index (χ0) is 11.7. The summed E-state index contributed by atoms with van der Waals surface area (Å²) in [4.78, 5) is 2.34. The lowest BCUT2D eigenvalue weighted by Crippen LogP contribution is -2.34. The SMILES string of the molecule is N[C@@H]1CCc2nnc(N3CCSCC3)cc2C1. The summed E-state index contributed by atoms with van der Waals surface area (Å²) >= 11 is 2.01. The third-order valence-electron chi connectivity index (χ3n) is 3.52. The second-order valence-electron chi connectivity index (χ2n) is 4.78. The van der Waals surface area contributed by atoms with Crippen LogP contribution in [0.2, 0.25) is 0 Å². The van der Waals surface area contributed by atoms with Crippen molar-refractivity contribution in [2.75, 3.05) is 29.5 Å². The summed E-state index contributed by atoms with van der Waals surface area (Å²) in [5, 5.41) is 8.74. The molecule has 1 aromatic heterocycles. The van der Waals surface area contributed by atoms with Crippen molar-refractivity contribution in [3.63, 3.8) is 0 Å². The van der Waals surface area contributed by atoms with Gasteiger partial charge in [-0.3, -0.25) is 0 Å². The van der Waals surface area contributed by atoms with Gasteiger partial charge in [0.05, 0.1) is 5.69 Å². The third-order valence-corrected chi connectivity index (χ3v) is 4.46. The highest BCUT2D eigenvalue weighted by atomic mass is 32.2. The highest BCUT2D eigenvalue weighted by Crippen LogP contribution is 2.23. The topological polar surface area (TPSA) is 55.0 Å². The molecular formula is C12H18N4S. The Hall–Kier alpha value is -0.810. The number of hydrogen-bond acceptors (Lipinski definition) is 5. The molecule has 92 valence electrons. The number of nitrogens with two attached hydrogens (primary N) is 1. The van der Waals surface area contributed by atoms with E-state index in [4.69, 9.17) is 5.73 Å². The molecule has 0 bridgehead atoms. The molecule has 4 nitrogen and oxygen atoms in total. The Morgan fingerprint density at radius 2 is 2.12 bits per heavy atom. The molecule has 17 heavy (non-hydrogen) atoms. The van der Waals surface area contributed by atoms with Crippen molar-refractivity contribution >= 4 is 17.6 Å². The minimum atomic E-state index is 0.302. The number of hydrogen-bond donors (Lipinski definition) is 1. The quantitative estimate of drug-likeness (QED) is 0.800. The van der Waals surface area contributed by atoms with E-state index >= 15 is 0 Å². The van der Waals surface area contributed by atoms with Gasteiger partial charge in [0.1, 0.15) is 0 Å². The van der Waals surface area contributed by atoms with Gasteiger partial charge in [0.2, 0.25) is 0 Å². The standard InChI is InChI=1S/C12H18N4S/c13-10-1-2-11-9(7-10)8-12(15-14-11)16-3-5-17-6-4-16/h8,10H,1-7,13H2/t10-/m1/s1. The first kappa shape index (κ1) is 11.3. The molecule has 2 heterocycles. The van der Waals surface area contributed by atoms with Crippen LogP contribution in [0.25, 0.3) is 0 Å². The molecule has 0 unspecified atom stereocenters. The Bertz CT molecular complexity index is 403. The van der Waals surface area contributed by atoms with Crippen LogP contribution in [0.4, 0.5) is 5.82 Å². The van der Waals surface area contributed by atoms with E-state index in [9.17, 15) is 0 Å². The molecule has 1 atom stereocenters. The lowest BCUT2D eigenvalue weighted by Gasteiger charge is -2.28. The fourth-order valence-corrected chi connectivity index (χ4v) is 3.39. The number of aryl methyl sites for hydroxylation is 1. The van der Waals surface area contributed by atoms with Crippen molar-refractivity contribution < 1.29 is 0 Å². The van der Waals surface area contributed by atoms with Crippen LogP contribution in [-0.2, 0) is 12.8 Å². The number of rotatable bonds is 1. The summed E-state index contributed by atoms with van der Waals surface area (Å²) in [6.45, 7) is 2.17. The fraction of sp³-hybridized carbons (Fsp3) is 0.667. The van der Waals surface area contributed by atoms with Crippen molar-refractivity contribution in [3.05, 3.63) is 17.3 Å². The number of thioether (sulfide) groups is 1. The maximum Gasteiger partial charge on any atom is 0.151 e. The minimum absolute atomic E-state index is 0.302. The van der Waals surface area contributed by atoms with Crippen molar-refractivity contribution in [2.45, 2.75) is 25.3 Å². The van der Waals surface area contributed by atoms with E-state index in [-0.39, 0.29) is 0 Å². The monoisotopic (exact) mass is 250 g/mol. The van der Waals surface area contributed by atoms with Gasteiger partial charge >= 0.3 is 0 Å². The number of anilines is 1.